The van der Waals surface area contributed by atoms with Crippen LogP contribution in [-0.4, -0.2) is 43.0 Å². The smallest absolute Gasteiger partial charge is 0.253 e. The predicted molar refractivity (Wildman–Crippen MR) is 111 cm³/mol. The number of ketones is 1. The maximum atomic E-state index is 13.4. The number of rotatable bonds is 4. The number of aliphatic hydroxyl groups excluding tert-OH is 2. The number of fused-ring (bicyclic) bond motifs is 3. The van der Waals surface area contributed by atoms with Crippen molar-refractivity contribution in [3.8, 4) is 5.75 Å². The number of aryl methyl sites for hydroxylation is 1. The fourth-order valence-electron chi connectivity index (χ4n) is 5.61. The van der Waals surface area contributed by atoms with Crippen LogP contribution in [0, 0.1) is 17.8 Å². The molecule has 0 heterocycles. The predicted octanol–water partition coefficient (Wildman–Crippen LogP) is 1.76. The van der Waals surface area contributed by atoms with Gasteiger partial charge < -0.3 is 31.3 Å². The largest absolute Gasteiger partial charge is 0.512 e. The summed E-state index contributed by atoms with van der Waals surface area (Å²) in [4.78, 5) is 25.1. The van der Waals surface area contributed by atoms with Crippen LogP contribution in [0.2, 0.25) is 0 Å². The summed E-state index contributed by atoms with van der Waals surface area (Å²) in [5, 5.41) is 53.0. The van der Waals surface area contributed by atoms with Crippen molar-refractivity contribution in [2.75, 3.05) is 0 Å². The first kappa shape index (κ1) is 21.4. The number of phenols is 1. The number of allylic oxidation sites excluding steroid dienone is 2. The Morgan fingerprint density at radius 2 is 1.90 bits per heavy atom. The Hall–Kier alpha value is -2.84. The van der Waals surface area contributed by atoms with Gasteiger partial charge in [0, 0.05) is 12.0 Å². The fraction of sp³-hybridized carbons (Fsp3) is 0.478. The van der Waals surface area contributed by atoms with Crippen LogP contribution < -0.4 is 5.73 Å². The number of benzene rings is 1. The summed E-state index contributed by atoms with van der Waals surface area (Å²) in [5.74, 6) is -8.40. The van der Waals surface area contributed by atoms with Gasteiger partial charge in [0.05, 0.1) is 11.5 Å². The van der Waals surface area contributed by atoms with Crippen LogP contribution in [0.1, 0.15) is 49.3 Å². The first-order valence-corrected chi connectivity index (χ1v) is 10.6. The number of aliphatic hydroxyl groups is 4. The lowest BCUT2D eigenvalue weighted by Gasteiger charge is -2.46. The zero-order chi connectivity index (χ0) is 22.7. The lowest BCUT2D eigenvalue weighted by molar-refractivity contribution is -0.197. The van der Waals surface area contributed by atoms with Crippen LogP contribution in [0.3, 0.4) is 0 Å². The van der Waals surface area contributed by atoms with Crippen LogP contribution in [-0.2, 0) is 22.4 Å². The molecule has 1 amide bonds. The molecule has 0 bridgehead atoms. The molecule has 0 saturated heterocycles. The molecule has 3 aliphatic rings. The van der Waals surface area contributed by atoms with Gasteiger partial charge in [-0.1, -0.05) is 19.4 Å². The summed E-state index contributed by atoms with van der Waals surface area (Å²) >= 11 is 0. The molecule has 1 aromatic carbocycles. The Labute approximate surface area is 179 Å². The van der Waals surface area contributed by atoms with Crippen LogP contribution in [0.5, 0.6) is 5.75 Å². The highest BCUT2D eigenvalue weighted by molar-refractivity contribution is 6.07. The Morgan fingerprint density at radius 3 is 2.55 bits per heavy atom. The Bertz CT molecular complexity index is 1040. The minimum atomic E-state index is -2.94. The standard InChI is InChI=1S/C23H27NO7/c1-2-3-4-10-5-6-14(25)17-13(10)8-11-7-12-9-15(26)19(22(24)29)23(30,31)18(12)21(28)16(11)20(17)27/h5-6,11-12,18,25-27,30-31H,2-4,7-9H2,1H3,(H2,24,29). The zero-order valence-corrected chi connectivity index (χ0v) is 17.3. The van der Waals surface area contributed by atoms with Crippen LogP contribution in [0.15, 0.2) is 29.0 Å². The molecule has 0 aromatic heterocycles. The lowest BCUT2D eigenvalue weighted by atomic mass is 9.59. The van der Waals surface area contributed by atoms with Gasteiger partial charge in [0.25, 0.3) is 5.91 Å². The first-order valence-electron chi connectivity index (χ1n) is 10.6. The van der Waals surface area contributed by atoms with E-state index in [1.807, 2.05) is 6.07 Å². The van der Waals surface area contributed by atoms with Gasteiger partial charge in [-0.05, 0) is 54.7 Å². The van der Waals surface area contributed by atoms with Crippen molar-refractivity contribution in [1.82, 2.24) is 0 Å². The minimum Gasteiger partial charge on any atom is -0.512 e. The third kappa shape index (κ3) is 3.13. The summed E-state index contributed by atoms with van der Waals surface area (Å²) in [5.41, 5.74) is 6.44. The summed E-state index contributed by atoms with van der Waals surface area (Å²) < 4.78 is 0. The Kier molecular flexibility index (Phi) is 5.10. The van der Waals surface area contributed by atoms with E-state index < -0.39 is 46.6 Å². The van der Waals surface area contributed by atoms with E-state index in [1.165, 1.54) is 6.07 Å². The monoisotopic (exact) mass is 429 g/mol. The molecular weight excluding hydrogens is 402 g/mol. The van der Waals surface area contributed by atoms with Crippen LogP contribution in [0.4, 0.5) is 0 Å². The van der Waals surface area contributed by atoms with Gasteiger partial charge in [0.15, 0.2) is 5.78 Å². The van der Waals surface area contributed by atoms with E-state index in [4.69, 9.17) is 5.73 Å². The molecule has 1 aromatic rings. The maximum Gasteiger partial charge on any atom is 0.253 e. The second-order valence-electron chi connectivity index (χ2n) is 8.82. The minimum absolute atomic E-state index is 0.0226. The third-order valence-corrected chi connectivity index (χ3v) is 6.94. The molecule has 8 nitrogen and oxygen atoms in total. The molecule has 0 spiro atoms. The van der Waals surface area contributed by atoms with Crippen molar-refractivity contribution in [3.05, 3.63) is 45.7 Å². The molecule has 0 aliphatic heterocycles. The van der Waals surface area contributed by atoms with E-state index in [2.05, 4.69) is 6.92 Å². The Balaban J connectivity index is 1.84. The van der Waals surface area contributed by atoms with Crippen molar-refractivity contribution in [1.29, 1.82) is 0 Å². The van der Waals surface area contributed by atoms with Crippen molar-refractivity contribution < 1.29 is 35.1 Å². The van der Waals surface area contributed by atoms with Gasteiger partial charge in [-0.15, -0.1) is 0 Å². The molecule has 3 aliphatic carbocycles. The molecule has 8 heteroatoms. The van der Waals surface area contributed by atoms with Gasteiger partial charge in [-0.3, -0.25) is 9.59 Å². The fourth-order valence-corrected chi connectivity index (χ4v) is 5.61. The van der Waals surface area contributed by atoms with Crippen LogP contribution >= 0.6 is 0 Å². The number of nitrogens with two attached hydrogens (primary N) is 1. The number of phenolic OH excluding ortho intramolecular Hbond substituents is 1. The molecule has 3 unspecified atom stereocenters. The molecular formula is C23H27NO7. The molecule has 31 heavy (non-hydrogen) atoms. The van der Waals surface area contributed by atoms with E-state index in [1.54, 1.807) is 0 Å². The lowest BCUT2D eigenvalue weighted by Crippen LogP contribution is -2.57. The highest BCUT2D eigenvalue weighted by Crippen LogP contribution is 2.53. The molecule has 7 N–H and O–H groups in total. The van der Waals surface area contributed by atoms with Crippen LogP contribution in [0.25, 0.3) is 5.76 Å². The number of hydrogen-bond acceptors (Lipinski definition) is 7. The third-order valence-electron chi connectivity index (χ3n) is 6.94. The zero-order valence-electron chi connectivity index (χ0n) is 17.3. The van der Waals surface area contributed by atoms with E-state index in [0.717, 1.165) is 30.4 Å². The SMILES string of the molecule is CCCCc1ccc(O)c2c1CC1CC3CC(O)=C(C(N)=O)C(O)(O)C3C(=O)C1=C2O. The quantitative estimate of drug-likeness (QED) is 0.397. The average Bonchev–Trinajstić information content (AvgIpc) is 2.65. The summed E-state index contributed by atoms with van der Waals surface area (Å²) in [6, 6.07) is 3.32. The molecule has 1 fully saturated rings. The highest BCUT2D eigenvalue weighted by Gasteiger charge is 2.58. The normalized spacial score (nSPS) is 26.9. The number of Topliss-reactive ketones (excluding diaryl/α,β-unsaturated/α-hetero) is 1. The summed E-state index contributed by atoms with van der Waals surface area (Å²) in [6.45, 7) is 2.07. The van der Waals surface area contributed by atoms with Crippen molar-refractivity contribution >= 4 is 17.4 Å². The molecule has 4 rings (SSSR count). The number of unbranched alkanes of at least 4 members (excludes halogenated alkanes) is 1. The molecule has 166 valence electrons. The molecule has 1 saturated carbocycles. The van der Waals surface area contributed by atoms with Gasteiger partial charge >= 0.3 is 0 Å². The first-order chi connectivity index (χ1) is 14.6. The number of amides is 1. The van der Waals surface area contributed by atoms with E-state index >= 15 is 0 Å². The molecule has 3 atom stereocenters. The number of primary amides is 1. The van der Waals surface area contributed by atoms with Gasteiger partial charge in [-0.25, -0.2) is 0 Å². The number of carbonyl (C=O) groups is 2. The second-order valence-corrected chi connectivity index (χ2v) is 8.82. The summed E-state index contributed by atoms with van der Waals surface area (Å²) in [6.07, 6.45) is 3.32. The number of aromatic hydroxyl groups is 1. The topological polar surface area (TPSA) is 161 Å². The molecule has 0 radical (unpaired) electrons. The van der Waals surface area contributed by atoms with Gasteiger partial charge in [-0.2, -0.15) is 0 Å². The highest BCUT2D eigenvalue weighted by atomic mass is 16.5. The second kappa shape index (κ2) is 7.39. The number of carbonyl (C=O) groups excluding carboxylic acids is 2. The van der Waals surface area contributed by atoms with Gasteiger partial charge in [0.1, 0.15) is 22.8 Å². The van der Waals surface area contributed by atoms with E-state index in [-0.39, 0.29) is 29.1 Å². The van der Waals surface area contributed by atoms with Crippen molar-refractivity contribution in [2.24, 2.45) is 23.5 Å². The average molecular weight is 429 g/mol. The van der Waals surface area contributed by atoms with Gasteiger partial charge in [0.2, 0.25) is 5.79 Å². The maximum absolute atomic E-state index is 13.4. The van der Waals surface area contributed by atoms with E-state index in [9.17, 15) is 35.1 Å². The van der Waals surface area contributed by atoms with E-state index in [0.29, 0.717) is 12.8 Å². The van der Waals surface area contributed by atoms with Crippen molar-refractivity contribution in [2.45, 2.75) is 51.2 Å². The Morgan fingerprint density at radius 1 is 1.19 bits per heavy atom. The number of hydrogen-bond donors (Lipinski definition) is 6. The van der Waals surface area contributed by atoms with Crippen molar-refractivity contribution in [3.63, 3.8) is 0 Å². The summed E-state index contributed by atoms with van der Waals surface area (Å²) in [7, 11) is 0.